The van der Waals surface area contributed by atoms with Gasteiger partial charge in [-0.15, -0.1) is 24.0 Å². The van der Waals surface area contributed by atoms with Crippen LogP contribution in [0.25, 0.3) is 0 Å². The van der Waals surface area contributed by atoms with Crippen LogP contribution < -0.4 is 20.1 Å². The van der Waals surface area contributed by atoms with Gasteiger partial charge in [-0.25, -0.2) is 18.1 Å². The van der Waals surface area contributed by atoms with Crippen LogP contribution in [0.15, 0.2) is 23.2 Å². The third kappa shape index (κ3) is 12.4. The van der Waals surface area contributed by atoms with E-state index < -0.39 is 10.0 Å². The van der Waals surface area contributed by atoms with Crippen molar-refractivity contribution < 1.29 is 17.9 Å². The molecule has 8 nitrogen and oxygen atoms in total. The fourth-order valence-corrected chi connectivity index (χ4v) is 2.74. The molecular weight excluding hydrogens is 495 g/mol. The summed E-state index contributed by atoms with van der Waals surface area (Å²) in [6.45, 7) is 7.24. The first-order valence-electron chi connectivity index (χ1n) is 9.03. The number of nitrogens with zero attached hydrogens (tertiary/aromatic N) is 1. The van der Waals surface area contributed by atoms with Crippen LogP contribution >= 0.6 is 24.0 Å². The molecular formula is C18H33IN4O4S. The second kappa shape index (κ2) is 14.8. The van der Waals surface area contributed by atoms with Gasteiger partial charge in [0.05, 0.1) is 19.4 Å². The molecule has 0 aliphatic heterocycles. The van der Waals surface area contributed by atoms with Crippen LogP contribution in [-0.2, 0) is 21.3 Å². The van der Waals surface area contributed by atoms with E-state index in [0.717, 1.165) is 29.7 Å². The van der Waals surface area contributed by atoms with E-state index in [4.69, 9.17) is 9.47 Å². The summed E-state index contributed by atoms with van der Waals surface area (Å²) < 4.78 is 35.4. The maximum absolute atomic E-state index is 11.1. The van der Waals surface area contributed by atoms with Crippen molar-refractivity contribution in [2.75, 3.05) is 46.2 Å². The van der Waals surface area contributed by atoms with Crippen molar-refractivity contribution in [3.8, 4) is 5.75 Å². The van der Waals surface area contributed by atoms with Crippen molar-refractivity contribution >= 4 is 40.0 Å². The molecule has 28 heavy (non-hydrogen) atoms. The number of aryl methyl sites for hydroxylation is 1. The largest absolute Gasteiger partial charge is 0.491 e. The molecule has 0 spiro atoms. The van der Waals surface area contributed by atoms with E-state index in [1.54, 1.807) is 7.11 Å². The standard InChI is InChI=1S/C18H32N4O4S.HI/c1-5-19-18(20-9-6-10-22-27(4,23)24)21-14-16-8-7-15(2)13-17(16)26-12-11-25-3;/h7-8,13,22H,5-6,9-12,14H2,1-4H3,(H2,19,20,21);1H. The van der Waals surface area contributed by atoms with Crippen LogP contribution in [0, 0.1) is 6.92 Å². The molecule has 0 saturated heterocycles. The summed E-state index contributed by atoms with van der Waals surface area (Å²) in [5, 5.41) is 6.39. The minimum Gasteiger partial charge on any atom is -0.491 e. The number of guanidine groups is 1. The van der Waals surface area contributed by atoms with Gasteiger partial charge in [-0.05, 0) is 31.9 Å². The number of methoxy groups -OCH3 is 1. The zero-order chi connectivity index (χ0) is 20.1. The van der Waals surface area contributed by atoms with Crippen LogP contribution in [0.4, 0.5) is 0 Å². The first-order chi connectivity index (χ1) is 12.9. The number of sulfonamides is 1. The van der Waals surface area contributed by atoms with Crippen LogP contribution in [-0.4, -0.2) is 60.6 Å². The van der Waals surface area contributed by atoms with Gasteiger partial charge >= 0.3 is 0 Å². The molecule has 1 aromatic carbocycles. The topological polar surface area (TPSA) is 101 Å². The highest BCUT2D eigenvalue weighted by atomic mass is 127. The summed E-state index contributed by atoms with van der Waals surface area (Å²) >= 11 is 0. The average molecular weight is 528 g/mol. The molecule has 0 unspecified atom stereocenters. The Kier molecular flexibility index (Phi) is 14.2. The Morgan fingerprint density at radius 1 is 1.18 bits per heavy atom. The Labute approximate surface area is 185 Å². The van der Waals surface area contributed by atoms with Gasteiger partial charge in [0.2, 0.25) is 10.0 Å². The molecule has 162 valence electrons. The summed E-state index contributed by atoms with van der Waals surface area (Å²) in [6, 6.07) is 6.05. The fraction of sp³-hybridized carbons (Fsp3) is 0.611. The van der Waals surface area contributed by atoms with Crippen molar-refractivity contribution in [1.82, 2.24) is 15.4 Å². The fourth-order valence-electron chi connectivity index (χ4n) is 2.22. The summed E-state index contributed by atoms with van der Waals surface area (Å²) in [4.78, 5) is 4.59. The summed E-state index contributed by atoms with van der Waals surface area (Å²) in [5.41, 5.74) is 2.12. The smallest absolute Gasteiger partial charge is 0.208 e. The summed E-state index contributed by atoms with van der Waals surface area (Å²) in [7, 11) is -1.50. The van der Waals surface area contributed by atoms with Crippen molar-refractivity contribution in [3.63, 3.8) is 0 Å². The molecule has 0 heterocycles. The van der Waals surface area contributed by atoms with Gasteiger partial charge in [0.15, 0.2) is 5.96 Å². The predicted molar refractivity (Wildman–Crippen MR) is 124 cm³/mol. The van der Waals surface area contributed by atoms with Crippen molar-refractivity contribution in [2.24, 2.45) is 4.99 Å². The van der Waals surface area contributed by atoms with Gasteiger partial charge < -0.3 is 20.1 Å². The van der Waals surface area contributed by atoms with Gasteiger partial charge in [-0.2, -0.15) is 0 Å². The third-order valence-corrected chi connectivity index (χ3v) is 4.26. The van der Waals surface area contributed by atoms with Gasteiger partial charge in [-0.1, -0.05) is 12.1 Å². The van der Waals surface area contributed by atoms with Crippen molar-refractivity contribution in [3.05, 3.63) is 29.3 Å². The number of aliphatic imine (C=N–C) groups is 1. The van der Waals surface area contributed by atoms with E-state index in [2.05, 4.69) is 20.3 Å². The number of ether oxygens (including phenoxy) is 2. The number of halogens is 1. The molecule has 0 aliphatic carbocycles. The maximum atomic E-state index is 11.1. The van der Waals surface area contributed by atoms with E-state index >= 15 is 0 Å². The SMILES string of the molecule is CCNC(=NCc1ccc(C)cc1OCCOC)NCCCNS(C)(=O)=O.I. The summed E-state index contributed by atoms with van der Waals surface area (Å²) in [6.07, 6.45) is 1.81. The third-order valence-electron chi connectivity index (χ3n) is 3.53. The Morgan fingerprint density at radius 2 is 1.93 bits per heavy atom. The Bertz CT molecular complexity index is 699. The monoisotopic (exact) mass is 528 g/mol. The number of rotatable bonds is 12. The molecule has 0 atom stereocenters. The highest BCUT2D eigenvalue weighted by molar-refractivity contribution is 14.0. The van der Waals surface area contributed by atoms with Crippen LogP contribution in [0.3, 0.4) is 0 Å². The van der Waals surface area contributed by atoms with Crippen LogP contribution in [0.1, 0.15) is 24.5 Å². The van der Waals surface area contributed by atoms with Gasteiger partial charge in [0.1, 0.15) is 12.4 Å². The molecule has 0 saturated carbocycles. The minimum atomic E-state index is -3.15. The molecule has 1 rings (SSSR count). The molecule has 0 radical (unpaired) electrons. The van der Waals surface area contributed by atoms with E-state index in [0.29, 0.717) is 45.2 Å². The van der Waals surface area contributed by atoms with Crippen LogP contribution in [0.5, 0.6) is 5.75 Å². The normalized spacial score (nSPS) is 11.6. The maximum Gasteiger partial charge on any atom is 0.208 e. The highest BCUT2D eigenvalue weighted by Crippen LogP contribution is 2.21. The molecule has 3 N–H and O–H groups in total. The average Bonchev–Trinajstić information content (AvgIpc) is 2.59. The van der Waals surface area contributed by atoms with Crippen LogP contribution in [0.2, 0.25) is 0 Å². The lowest BCUT2D eigenvalue weighted by Crippen LogP contribution is -2.38. The lowest BCUT2D eigenvalue weighted by molar-refractivity contribution is 0.145. The zero-order valence-corrected chi connectivity index (χ0v) is 20.2. The number of nitrogens with one attached hydrogen (secondary N) is 3. The van der Waals surface area contributed by atoms with Crippen molar-refractivity contribution in [1.29, 1.82) is 0 Å². The van der Waals surface area contributed by atoms with E-state index in [1.165, 1.54) is 0 Å². The molecule has 1 aromatic rings. The number of hydrogen-bond donors (Lipinski definition) is 3. The molecule has 0 amide bonds. The van der Waals surface area contributed by atoms with E-state index in [1.807, 2.05) is 32.0 Å². The molecule has 0 aliphatic rings. The zero-order valence-electron chi connectivity index (χ0n) is 17.1. The molecule has 0 bridgehead atoms. The van der Waals surface area contributed by atoms with E-state index in [-0.39, 0.29) is 24.0 Å². The molecule has 0 fully saturated rings. The molecule has 0 aromatic heterocycles. The lowest BCUT2D eigenvalue weighted by atomic mass is 10.1. The van der Waals surface area contributed by atoms with E-state index in [9.17, 15) is 8.42 Å². The minimum absolute atomic E-state index is 0. The molecule has 10 heteroatoms. The second-order valence-corrected chi connectivity index (χ2v) is 7.93. The Morgan fingerprint density at radius 3 is 2.57 bits per heavy atom. The number of benzene rings is 1. The number of hydrogen-bond acceptors (Lipinski definition) is 5. The quantitative estimate of drug-likeness (QED) is 0.165. The lowest BCUT2D eigenvalue weighted by Gasteiger charge is -2.13. The first-order valence-corrected chi connectivity index (χ1v) is 10.9. The predicted octanol–water partition coefficient (Wildman–Crippen LogP) is 1.63. The van der Waals surface area contributed by atoms with Gasteiger partial charge in [0.25, 0.3) is 0 Å². The van der Waals surface area contributed by atoms with Gasteiger partial charge in [-0.3, -0.25) is 0 Å². The second-order valence-electron chi connectivity index (χ2n) is 6.09. The Hall–Kier alpha value is -1.11. The first kappa shape index (κ1) is 26.9. The highest BCUT2D eigenvalue weighted by Gasteiger charge is 2.05. The van der Waals surface area contributed by atoms with Crippen molar-refractivity contribution in [2.45, 2.75) is 26.8 Å². The summed E-state index contributed by atoms with van der Waals surface area (Å²) in [5.74, 6) is 1.49. The Balaban J connectivity index is 0.00000729. The van der Waals surface area contributed by atoms with Gasteiger partial charge in [0, 0.05) is 32.3 Å².